The molecule has 34 heavy (non-hydrogen) atoms. The van der Waals surface area contributed by atoms with Crippen molar-refractivity contribution < 1.29 is 0 Å². The van der Waals surface area contributed by atoms with Crippen LogP contribution in [-0.4, -0.2) is 23.0 Å². The Balaban J connectivity index is 1.50. The van der Waals surface area contributed by atoms with Gasteiger partial charge in [-0.2, -0.15) is 0 Å². The highest BCUT2D eigenvalue weighted by molar-refractivity contribution is 8.04. The zero-order valence-corrected chi connectivity index (χ0v) is 22.6. The second-order valence-corrected chi connectivity index (χ2v) is 11.2. The van der Waals surface area contributed by atoms with Crippen molar-refractivity contribution in [3.05, 3.63) is 70.8 Å². The first kappa shape index (κ1) is 26.7. The summed E-state index contributed by atoms with van der Waals surface area (Å²) in [6.45, 7) is 0. The van der Waals surface area contributed by atoms with Gasteiger partial charge in [0.1, 0.15) is 0 Å². The Kier molecular flexibility index (Phi) is 13.7. The summed E-state index contributed by atoms with van der Waals surface area (Å²) in [5.41, 5.74) is 4.21. The monoisotopic (exact) mass is 516 g/mol. The zero-order chi connectivity index (χ0) is 23.5. The Morgan fingerprint density at radius 2 is 0.588 bits per heavy atom. The molecular formula is C30H28S4. The quantitative estimate of drug-likeness (QED) is 0.326. The van der Waals surface area contributed by atoms with Gasteiger partial charge in [0, 0.05) is 45.3 Å². The molecular weight excluding hydrogens is 489 g/mol. The average molecular weight is 517 g/mol. The highest BCUT2D eigenvalue weighted by Gasteiger charge is 1.93. The highest BCUT2D eigenvalue weighted by Crippen LogP contribution is 2.12. The second-order valence-electron chi connectivity index (χ2n) is 7.58. The lowest BCUT2D eigenvalue weighted by molar-refractivity contribution is 0.787. The molecule has 4 heteroatoms. The van der Waals surface area contributed by atoms with E-state index in [1.807, 2.05) is 0 Å². The van der Waals surface area contributed by atoms with Crippen LogP contribution in [0.3, 0.4) is 0 Å². The fourth-order valence-electron chi connectivity index (χ4n) is 2.91. The summed E-state index contributed by atoms with van der Waals surface area (Å²) in [6.07, 6.45) is 7.22. The highest BCUT2D eigenvalue weighted by atomic mass is 32.2. The molecule has 6 rings (SSSR count). The normalized spacial score (nSPS) is 15.8. The number of thioether (sulfide) groups is 4. The number of rotatable bonds is 0. The molecule has 0 saturated heterocycles. The summed E-state index contributed by atoms with van der Waals surface area (Å²) in [7, 11) is 0. The van der Waals surface area contributed by atoms with E-state index in [0.29, 0.717) is 0 Å². The Bertz CT molecular complexity index is 935. The number of hydrogen-bond donors (Lipinski definition) is 0. The summed E-state index contributed by atoms with van der Waals surface area (Å²) in [5.74, 6) is 17.3. The molecule has 4 heterocycles. The number of hydrogen-bond acceptors (Lipinski definition) is 4. The first-order valence-electron chi connectivity index (χ1n) is 11.6. The molecule has 0 amide bonds. The zero-order valence-electron chi connectivity index (χ0n) is 19.3. The van der Waals surface area contributed by atoms with Crippen molar-refractivity contribution in [1.29, 1.82) is 0 Å². The molecule has 4 bridgehead atoms. The lowest BCUT2D eigenvalue weighted by Crippen LogP contribution is -1.83. The molecule has 0 fully saturated rings. The molecule has 2 aromatic rings. The van der Waals surface area contributed by atoms with Gasteiger partial charge < -0.3 is 0 Å². The van der Waals surface area contributed by atoms with E-state index >= 15 is 0 Å². The minimum absolute atomic E-state index is 1.05. The lowest BCUT2D eigenvalue weighted by atomic mass is 10.1. The third kappa shape index (κ3) is 12.0. The Hall–Kier alpha value is -1.92. The van der Waals surface area contributed by atoms with Crippen molar-refractivity contribution in [2.45, 2.75) is 38.5 Å². The largest absolute Gasteiger partial charge is 0.0747 e. The molecule has 0 nitrogen and oxygen atoms in total. The molecule has 0 radical (unpaired) electrons. The first-order valence-corrected chi connectivity index (χ1v) is 15.6. The van der Waals surface area contributed by atoms with Crippen molar-refractivity contribution in [2.24, 2.45) is 0 Å². The van der Waals surface area contributed by atoms with Crippen LogP contribution in [0.2, 0.25) is 0 Å². The van der Waals surface area contributed by atoms with Gasteiger partial charge in [-0.3, -0.25) is 0 Å². The fraction of sp³-hybridized carbons (Fsp3) is 0.333. The number of benzene rings is 2. The topological polar surface area (TPSA) is 0 Å². The second kappa shape index (κ2) is 17.5. The van der Waals surface area contributed by atoms with Gasteiger partial charge in [-0.25, -0.2) is 0 Å². The van der Waals surface area contributed by atoms with E-state index in [1.165, 1.54) is 38.5 Å². The third-order valence-electron chi connectivity index (χ3n) is 4.83. The predicted molar refractivity (Wildman–Crippen MR) is 158 cm³/mol. The van der Waals surface area contributed by atoms with Crippen molar-refractivity contribution in [1.82, 2.24) is 0 Å². The van der Waals surface area contributed by atoms with Crippen LogP contribution in [0.25, 0.3) is 0 Å². The predicted octanol–water partition coefficient (Wildman–Crippen LogP) is 7.91. The Morgan fingerprint density at radius 1 is 0.353 bits per heavy atom. The maximum Gasteiger partial charge on any atom is 0.0255 e. The van der Waals surface area contributed by atoms with Crippen LogP contribution in [-0.2, 0) is 0 Å². The summed E-state index contributed by atoms with van der Waals surface area (Å²) in [4.78, 5) is 0. The van der Waals surface area contributed by atoms with Crippen molar-refractivity contribution >= 4 is 47.0 Å². The van der Waals surface area contributed by atoms with Gasteiger partial charge in [-0.1, -0.05) is 83.6 Å². The van der Waals surface area contributed by atoms with E-state index in [4.69, 9.17) is 0 Å². The van der Waals surface area contributed by atoms with Crippen LogP contribution in [0, 0.1) is 44.7 Å². The van der Waals surface area contributed by atoms with Crippen LogP contribution in [0.15, 0.2) is 48.5 Å². The molecule has 0 aromatic heterocycles. The Labute approximate surface area is 223 Å². The standard InChI is InChI=1S/C30H28S4/c1-3-19-31-23-15-27-7-11-29(12-8-27)17-25-33-21-5-2-6-22-34-26-18-30-13-9-28(10-14-30)16-24-32-20-4-1/h7-14H,1-6,19-22H2. The molecule has 2 aromatic carbocycles. The van der Waals surface area contributed by atoms with Gasteiger partial charge in [-0.05, 0) is 95.2 Å². The summed E-state index contributed by atoms with van der Waals surface area (Å²) in [6, 6.07) is 16.5. The van der Waals surface area contributed by atoms with Gasteiger partial charge in [0.05, 0.1) is 0 Å². The minimum atomic E-state index is 1.05. The maximum atomic E-state index is 3.24. The molecule has 0 spiro atoms. The van der Waals surface area contributed by atoms with Crippen LogP contribution in [0.1, 0.15) is 60.8 Å². The van der Waals surface area contributed by atoms with E-state index < -0.39 is 0 Å². The van der Waals surface area contributed by atoms with E-state index in [9.17, 15) is 0 Å². The van der Waals surface area contributed by atoms with Crippen molar-refractivity contribution in [2.75, 3.05) is 23.0 Å². The SMILES string of the molecule is C1#Cc2ccc(cc2)C#CSCCCCCSC#Cc2ccc(cc2)C#CSCCCCCS1. The molecule has 0 aliphatic carbocycles. The molecule has 4 aliphatic rings. The fourth-order valence-corrected chi connectivity index (χ4v) is 5.47. The molecule has 0 atom stereocenters. The molecule has 0 unspecified atom stereocenters. The summed E-state index contributed by atoms with van der Waals surface area (Å²) >= 11 is 6.85. The van der Waals surface area contributed by atoms with Gasteiger partial charge in [-0.15, -0.1) is 0 Å². The van der Waals surface area contributed by atoms with Crippen LogP contribution >= 0.6 is 47.0 Å². The van der Waals surface area contributed by atoms with Gasteiger partial charge in [0.2, 0.25) is 0 Å². The van der Waals surface area contributed by atoms with Crippen LogP contribution in [0.5, 0.6) is 0 Å². The Morgan fingerprint density at radius 3 is 0.824 bits per heavy atom. The molecule has 4 aliphatic heterocycles. The molecule has 0 N–H and O–H groups in total. The third-order valence-corrected chi connectivity index (χ3v) is 7.78. The van der Waals surface area contributed by atoms with E-state index in [0.717, 1.165) is 45.3 Å². The molecule has 0 saturated carbocycles. The minimum Gasteiger partial charge on any atom is -0.0747 e. The van der Waals surface area contributed by atoms with Crippen molar-refractivity contribution in [3.63, 3.8) is 0 Å². The summed E-state index contributed by atoms with van der Waals surface area (Å²) < 4.78 is 0. The van der Waals surface area contributed by atoms with Gasteiger partial charge in [0.25, 0.3) is 0 Å². The first-order chi connectivity index (χ1) is 16.9. The van der Waals surface area contributed by atoms with Crippen LogP contribution in [0.4, 0.5) is 0 Å². The average Bonchev–Trinajstić information content (AvgIpc) is 2.87. The van der Waals surface area contributed by atoms with Crippen LogP contribution < -0.4 is 0 Å². The van der Waals surface area contributed by atoms with Gasteiger partial charge in [0.15, 0.2) is 0 Å². The maximum absolute atomic E-state index is 3.24. The van der Waals surface area contributed by atoms with E-state index in [-0.39, 0.29) is 0 Å². The summed E-state index contributed by atoms with van der Waals surface area (Å²) in [5, 5.41) is 12.9. The van der Waals surface area contributed by atoms with Gasteiger partial charge >= 0.3 is 0 Å². The van der Waals surface area contributed by atoms with E-state index in [1.54, 1.807) is 47.0 Å². The lowest BCUT2D eigenvalue weighted by Gasteiger charge is -1.97. The van der Waals surface area contributed by atoms with E-state index in [2.05, 4.69) is 93.2 Å². The smallest absolute Gasteiger partial charge is 0.0255 e. The van der Waals surface area contributed by atoms with Crippen molar-refractivity contribution in [3.8, 4) is 44.7 Å². The molecule has 172 valence electrons.